The van der Waals surface area contributed by atoms with Crippen LogP contribution in [0.1, 0.15) is 64.2 Å². The van der Waals surface area contributed by atoms with Crippen molar-refractivity contribution < 1.29 is 9.72 Å². The second-order valence-corrected chi connectivity index (χ2v) is 6.88. The van der Waals surface area contributed by atoms with Gasteiger partial charge in [-0.3, -0.25) is 4.79 Å². The van der Waals surface area contributed by atoms with E-state index in [2.05, 4.69) is 15.0 Å². The van der Waals surface area contributed by atoms with E-state index in [1.54, 1.807) is 0 Å². The second kappa shape index (κ2) is 7.72. The van der Waals surface area contributed by atoms with E-state index in [4.69, 9.17) is 0 Å². The third-order valence-corrected chi connectivity index (χ3v) is 5.21. The first-order valence-corrected chi connectivity index (χ1v) is 9.00. The van der Waals surface area contributed by atoms with Gasteiger partial charge in [0.15, 0.2) is 0 Å². The summed E-state index contributed by atoms with van der Waals surface area (Å²) in [6, 6.07) is 0.626. The van der Waals surface area contributed by atoms with Gasteiger partial charge < -0.3 is 15.0 Å². The first-order valence-electron chi connectivity index (χ1n) is 9.00. The Balaban J connectivity index is 1.72. The zero-order valence-electron chi connectivity index (χ0n) is 14.0. The number of nitrogens with zero attached hydrogens (tertiary/aromatic N) is 5. The fourth-order valence-electron chi connectivity index (χ4n) is 4.09. The number of carbonyl (C=O) groups is 1. The van der Waals surface area contributed by atoms with Crippen LogP contribution in [0, 0.1) is 10.1 Å². The van der Waals surface area contributed by atoms with Crippen molar-refractivity contribution in [3.63, 3.8) is 0 Å². The van der Waals surface area contributed by atoms with Crippen LogP contribution in [0.2, 0.25) is 0 Å². The van der Waals surface area contributed by atoms with Crippen molar-refractivity contribution in [2.45, 2.75) is 82.8 Å². The van der Waals surface area contributed by atoms with Gasteiger partial charge in [0.05, 0.1) is 0 Å². The van der Waals surface area contributed by atoms with Gasteiger partial charge in [-0.15, -0.1) is 0 Å². The Labute approximate surface area is 141 Å². The first kappa shape index (κ1) is 16.9. The third kappa shape index (κ3) is 3.91. The molecule has 2 aliphatic carbocycles. The number of hydrogen-bond acceptors (Lipinski definition) is 5. The largest absolute Gasteiger partial charge is 0.490 e. The van der Waals surface area contributed by atoms with Crippen molar-refractivity contribution in [3.05, 3.63) is 16.4 Å². The maximum absolute atomic E-state index is 13.0. The predicted molar refractivity (Wildman–Crippen MR) is 87.3 cm³/mol. The minimum atomic E-state index is -0.638. The SMILES string of the molecule is O=C(Cn1cnc([N+](=O)[O-])n1)N(C1CCCCC1)C1CCCCC1. The van der Waals surface area contributed by atoms with E-state index in [0.29, 0.717) is 12.1 Å². The lowest BCUT2D eigenvalue weighted by Crippen LogP contribution is -2.50. The van der Waals surface area contributed by atoms with E-state index in [1.807, 2.05) is 0 Å². The highest BCUT2D eigenvalue weighted by Gasteiger charge is 2.33. The summed E-state index contributed by atoms with van der Waals surface area (Å²) in [5.41, 5.74) is 0. The van der Waals surface area contributed by atoms with Crippen LogP contribution in [0.3, 0.4) is 0 Å². The van der Waals surface area contributed by atoms with Gasteiger partial charge in [0.1, 0.15) is 6.54 Å². The number of amides is 1. The zero-order chi connectivity index (χ0) is 16.9. The molecule has 0 N–H and O–H groups in total. The van der Waals surface area contributed by atoms with Crippen LogP contribution in [0.25, 0.3) is 0 Å². The number of rotatable bonds is 5. The Kier molecular flexibility index (Phi) is 5.42. The first-order chi connectivity index (χ1) is 11.6. The standard InChI is InChI=1S/C16H25N5O3/c22-15(11-19-12-17-16(18-19)21(23)24)20(13-7-3-1-4-8-13)14-9-5-2-6-10-14/h12-14H,1-11H2. The highest BCUT2D eigenvalue weighted by atomic mass is 16.6. The fraction of sp³-hybridized carbons (Fsp3) is 0.812. The Bertz CT molecular complexity index is 558. The average molecular weight is 335 g/mol. The van der Waals surface area contributed by atoms with Crippen LogP contribution in [0.5, 0.6) is 0 Å². The van der Waals surface area contributed by atoms with E-state index in [-0.39, 0.29) is 12.5 Å². The molecule has 0 aromatic carbocycles. The van der Waals surface area contributed by atoms with Gasteiger partial charge in [-0.1, -0.05) is 43.5 Å². The van der Waals surface area contributed by atoms with E-state index in [9.17, 15) is 14.9 Å². The Morgan fingerprint density at radius 1 is 1.12 bits per heavy atom. The minimum absolute atomic E-state index is 0.0218. The van der Waals surface area contributed by atoms with E-state index in [1.165, 1.54) is 49.5 Å². The maximum atomic E-state index is 13.0. The molecule has 2 fully saturated rings. The van der Waals surface area contributed by atoms with Crippen LogP contribution in [0.4, 0.5) is 5.95 Å². The molecule has 2 aliphatic rings. The molecule has 0 unspecified atom stereocenters. The molecule has 8 heteroatoms. The highest BCUT2D eigenvalue weighted by Crippen LogP contribution is 2.30. The summed E-state index contributed by atoms with van der Waals surface area (Å²) in [7, 11) is 0. The monoisotopic (exact) mass is 335 g/mol. The lowest BCUT2D eigenvalue weighted by atomic mass is 9.88. The van der Waals surface area contributed by atoms with Crippen molar-refractivity contribution in [2.75, 3.05) is 0 Å². The number of nitro groups is 1. The molecule has 0 atom stereocenters. The van der Waals surface area contributed by atoms with E-state index >= 15 is 0 Å². The van der Waals surface area contributed by atoms with Gasteiger partial charge in [0.25, 0.3) is 0 Å². The van der Waals surface area contributed by atoms with Crippen LogP contribution in [-0.2, 0) is 11.3 Å². The topological polar surface area (TPSA) is 94.2 Å². The maximum Gasteiger partial charge on any atom is 0.490 e. The van der Waals surface area contributed by atoms with Crippen molar-refractivity contribution in [1.29, 1.82) is 0 Å². The Morgan fingerprint density at radius 2 is 1.67 bits per heavy atom. The zero-order valence-corrected chi connectivity index (χ0v) is 14.0. The molecule has 0 spiro atoms. The number of hydrogen-bond donors (Lipinski definition) is 0. The molecule has 0 saturated heterocycles. The predicted octanol–water partition coefficient (Wildman–Crippen LogP) is 2.68. The van der Waals surface area contributed by atoms with Crippen LogP contribution >= 0.6 is 0 Å². The van der Waals surface area contributed by atoms with Gasteiger partial charge in [0, 0.05) is 17.2 Å². The summed E-state index contributed by atoms with van der Waals surface area (Å²) in [6.45, 7) is 0.0356. The van der Waals surface area contributed by atoms with Gasteiger partial charge in [0.2, 0.25) is 12.2 Å². The van der Waals surface area contributed by atoms with Crippen molar-refractivity contribution >= 4 is 11.9 Å². The summed E-state index contributed by atoms with van der Waals surface area (Å²) in [6.07, 6.45) is 12.8. The molecule has 132 valence electrons. The van der Waals surface area contributed by atoms with Gasteiger partial charge in [-0.05, 0) is 30.6 Å². The molecule has 1 heterocycles. The highest BCUT2D eigenvalue weighted by molar-refractivity contribution is 5.76. The van der Waals surface area contributed by atoms with Crippen LogP contribution in [-0.4, -0.2) is 42.6 Å². The quantitative estimate of drug-likeness (QED) is 0.609. The van der Waals surface area contributed by atoms with Gasteiger partial charge in [-0.25, -0.2) is 0 Å². The van der Waals surface area contributed by atoms with Gasteiger partial charge in [-0.2, -0.15) is 4.68 Å². The number of carbonyl (C=O) groups excluding carboxylic acids is 1. The second-order valence-electron chi connectivity index (χ2n) is 6.88. The van der Waals surface area contributed by atoms with Gasteiger partial charge >= 0.3 is 5.95 Å². The average Bonchev–Trinajstić information content (AvgIpc) is 3.06. The molecule has 1 aromatic heterocycles. The fourth-order valence-corrected chi connectivity index (χ4v) is 4.09. The van der Waals surface area contributed by atoms with Crippen molar-refractivity contribution in [2.24, 2.45) is 0 Å². The normalized spacial score (nSPS) is 20.0. The van der Waals surface area contributed by atoms with E-state index in [0.717, 1.165) is 25.7 Å². The summed E-state index contributed by atoms with van der Waals surface area (Å²) in [4.78, 5) is 28.7. The summed E-state index contributed by atoms with van der Waals surface area (Å²) in [5, 5.41) is 14.5. The number of aromatic nitrogens is 3. The molecule has 24 heavy (non-hydrogen) atoms. The minimum Gasteiger partial charge on any atom is -0.390 e. The van der Waals surface area contributed by atoms with Crippen LogP contribution in [0.15, 0.2) is 6.33 Å². The molecule has 1 amide bonds. The van der Waals surface area contributed by atoms with E-state index < -0.39 is 10.9 Å². The molecule has 1 aromatic rings. The van der Waals surface area contributed by atoms with Crippen molar-refractivity contribution in [3.8, 4) is 0 Å². The lowest BCUT2D eigenvalue weighted by Gasteiger charge is -2.41. The molecule has 2 saturated carbocycles. The lowest BCUT2D eigenvalue weighted by molar-refractivity contribution is -0.394. The summed E-state index contributed by atoms with van der Waals surface area (Å²) in [5.74, 6) is -0.432. The van der Waals surface area contributed by atoms with Crippen molar-refractivity contribution in [1.82, 2.24) is 19.7 Å². The molecule has 0 aliphatic heterocycles. The van der Waals surface area contributed by atoms with Crippen LogP contribution < -0.4 is 0 Å². The molecule has 0 radical (unpaired) electrons. The smallest absolute Gasteiger partial charge is 0.390 e. The Morgan fingerprint density at radius 3 is 2.12 bits per heavy atom. The third-order valence-electron chi connectivity index (χ3n) is 5.21. The molecule has 0 bridgehead atoms. The molecular weight excluding hydrogens is 310 g/mol. The molecular formula is C16H25N5O3. The Hall–Kier alpha value is -1.99. The summed E-state index contributed by atoms with van der Waals surface area (Å²) < 4.78 is 1.29. The molecule has 3 rings (SSSR count). The molecule has 8 nitrogen and oxygen atoms in total. The summed E-state index contributed by atoms with van der Waals surface area (Å²) >= 11 is 0.